The molecule has 3 atom stereocenters. The molecule has 7 heteroatoms. The van der Waals surface area contributed by atoms with Crippen LogP contribution in [0.4, 0.5) is 5.69 Å². The number of sulfonamides is 1. The van der Waals surface area contributed by atoms with Crippen LogP contribution in [0, 0.1) is 17.8 Å². The standard InChI is InChI=1S/C21H30N2O4S/c1-27-19-8-7-18(14-20(19)28(25,26)23-9-3-2-4-10-23)22-21(24)13-17-12-15-5-6-16(17)11-15/h7-8,14-17H,2-6,9-13H2,1H3,(H,22,24)/t15-,16-,17-/m1/s1. The Morgan fingerprint density at radius 2 is 1.96 bits per heavy atom. The highest BCUT2D eigenvalue weighted by molar-refractivity contribution is 7.89. The quantitative estimate of drug-likeness (QED) is 0.783. The molecule has 2 bridgehead atoms. The summed E-state index contributed by atoms with van der Waals surface area (Å²) in [6.45, 7) is 1.07. The molecular weight excluding hydrogens is 376 g/mol. The van der Waals surface area contributed by atoms with E-state index in [0.717, 1.165) is 31.6 Å². The van der Waals surface area contributed by atoms with E-state index in [1.54, 1.807) is 18.2 Å². The first-order valence-electron chi connectivity index (χ1n) is 10.5. The zero-order valence-electron chi connectivity index (χ0n) is 16.5. The maximum Gasteiger partial charge on any atom is 0.246 e. The summed E-state index contributed by atoms with van der Waals surface area (Å²) in [6, 6.07) is 4.89. The third-order valence-electron chi connectivity index (χ3n) is 6.71. The van der Waals surface area contributed by atoms with Gasteiger partial charge in [-0.2, -0.15) is 4.31 Å². The average Bonchev–Trinajstić information content (AvgIpc) is 3.31. The van der Waals surface area contributed by atoms with Crippen LogP contribution >= 0.6 is 0 Å². The summed E-state index contributed by atoms with van der Waals surface area (Å²) in [7, 11) is -2.17. The summed E-state index contributed by atoms with van der Waals surface area (Å²) in [5.74, 6) is 2.28. The Kier molecular flexibility index (Phi) is 5.65. The molecule has 1 aromatic carbocycles. The number of benzene rings is 1. The molecule has 0 unspecified atom stereocenters. The third-order valence-corrected chi connectivity index (χ3v) is 8.63. The van der Waals surface area contributed by atoms with Crippen LogP contribution in [0.2, 0.25) is 0 Å². The SMILES string of the molecule is COc1ccc(NC(=O)C[C@H]2C[C@@H]3CC[C@@H]2C3)cc1S(=O)(=O)N1CCCCC1. The number of methoxy groups -OCH3 is 1. The number of rotatable bonds is 6. The van der Waals surface area contributed by atoms with Crippen LogP contribution in [0.1, 0.15) is 51.4 Å². The molecule has 1 saturated heterocycles. The number of carbonyl (C=O) groups is 1. The molecule has 1 N–H and O–H groups in total. The van der Waals surface area contributed by atoms with E-state index >= 15 is 0 Å². The Morgan fingerprint density at radius 1 is 1.18 bits per heavy atom. The first-order valence-corrected chi connectivity index (χ1v) is 11.9. The first kappa shape index (κ1) is 19.7. The van der Waals surface area contributed by atoms with Gasteiger partial charge in [-0.05, 0) is 68.1 Å². The molecule has 0 radical (unpaired) electrons. The molecule has 0 aromatic heterocycles. The Morgan fingerprint density at radius 3 is 2.61 bits per heavy atom. The Labute approximate surface area is 167 Å². The van der Waals surface area contributed by atoms with E-state index in [9.17, 15) is 13.2 Å². The van der Waals surface area contributed by atoms with Crippen molar-refractivity contribution in [3.63, 3.8) is 0 Å². The number of hydrogen-bond donors (Lipinski definition) is 1. The van der Waals surface area contributed by atoms with Gasteiger partial charge >= 0.3 is 0 Å². The van der Waals surface area contributed by atoms with E-state index in [2.05, 4.69) is 5.32 Å². The normalized spacial score (nSPS) is 27.7. The molecule has 6 nitrogen and oxygen atoms in total. The molecule has 154 valence electrons. The van der Waals surface area contributed by atoms with Gasteiger partial charge in [-0.3, -0.25) is 4.79 Å². The van der Waals surface area contributed by atoms with Gasteiger partial charge in [-0.15, -0.1) is 0 Å². The fourth-order valence-electron chi connectivity index (χ4n) is 5.28. The lowest BCUT2D eigenvalue weighted by Crippen LogP contribution is -2.35. The zero-order valence-corrected chi connectivity index (χ0v) is 17.3. The van der Waals surface area contributed by atoms with E-state index in [0.29, 0.717) is 42.8 Å². The molecule has 28 heavy (non-hydrogen) atoms. The minimum Gasteiger partial charge on any atom is -0.495 e. The predicted octanol–water partition coefficient (Wildman–Crippen LogP) is 3.63. The van der Waals surface area contributed by atoms with Crippen molar-refractivity contribution in [3.05, 3.63) is 18.2 Å². The molecule has 1 aliphatic heterocycles. The van der Waals surface area contributed by atoms with Crippen molar-refractivity contribution >= 4 is 21.6 Å². The van der Waals surface area contributed by atoms with Crippen molar-refractivity contribution in [1.29, 1.82) is 0 Å². The van der Waals surface area contributed by atoms with Crippen molar-refractivity contribution in [2.24, 2.45) is 17.8 Å². The topological polar surface area (TPSA) is 75.7 Å². The second kappa shape index (κ2) is 8.03. The van der Waals surface area contributed by atoms with Gasteiger partial charge in [0.05, 0.1) is 7.11 Å². The maximum atomic E-state index is 13.1. The fraction of sp³-hybridized carbons (Fsp3) is 0.667. The van der Waals surface area contributed by atoms with Crippen molar-refractivity contribution in [2.75, 3.05) is 25.5 Å². The fourth-order valence-corrected chi connectivity index (χ4v) is 6.98. The zero-order chi connectivity index (χ0) is 19.7. The van der Waals surface area contributed by atoms with Crippen LogP contribution in [0.25, 0.3) is 0 Å². The molecule has 2 saturated carbocycles. The number of fused-ring (bicyclic) bond motifs is 2. The number of amides is 1. The predicted molar refractivity (Wildman–Crippen MR) is 108 cm³/mol. The van der Waals surface area contributed by atoms with E-state index in [-0.39, 0.29) is 10.8 Å². The van der Waals surface area contributed by atoms with Gasteiger partial charge in [0, 0.05) is 25.2 Å². The van der Waals surface area contributed by atoms with Gasteiger partial charge in [0.1, 0.15) is 10.6 Å². The van der Waals surface area contributed by atoms with Crippen molar-refractivity contribution < 1.29 is 17.9 Å². The Bertz CT molecular complexity index is 833. The third kappa shape index (κ3) is 3.92. The number of ether oxygens (including phenoxy) is 1. The number of nitrogens with zero attached hydrogens (tertiary/aromatic N) is 1. The summed E-state index contributed by atoms with van der Waals surface area (Å²) in [6.07, 6.45) is 8.35. The lowest BCUT2D eigenvalue weighted by molar-refractivity contribution is -0.117. The average molecular weight is 407 g/mol. The number of piperidine rings is 1. The van der Waals surface area contributed by atoms with Crippen LogP contribution in [0.3, 0.4) is 0 Å². The Hall–Kier alpha value is -1.60. The van der Waals surface area contributed by atoms with Gasteiger partial charge < -0.3 is 10.1 Å². The summed E-state index contributed by atoms with van der Waals surface area (Å²) in [5, 5.41) is 2.92. The van der Waals surface area contributed by atoms with Crippen molar-refractivity contribution in [2.45, 2.75) is 56.3 Å². The van der Waals surface area contributed by atoms with Gasteiger partial charge in [0.2, 0.25) is 15.9 Å². The first-order chi connectivity index (χ1) is 13.5. The van der Waals surface area contributed by atoms with Gasteiger partial charge in [-0.25, -0.2) is 8.42 Å². The van der Waals surface area contributed by atoms with Crippen LogP contribution in [0.5, 0.6) is 5.75 Å². The largest absolute Gasteiger partial charge is 0.495 e. The second-order valence-electron chi connectivity index (χ2n) is 8.52. The molecular formula is C21H30N2O4S. The second-order valence-corrected chi connectivity index (χ2v) is 10.4. The minimum absolute atomic E-state index is 0.0240. The number of carbonyl (C=O) groups excluding carboxylic acids is 1. The van der Waals surface area contributed by atoms with Gasteiger partial charge in [0.25, 0.3) is 0 Å². The molecule has 3 aliphatic rings. The van der Waals surface area contributed by atoms with Gasteiger partial charge in [0.15, 0.2) is 0 Å². The summed E-state index contributed by atoms with van der Waals surface area (Å²) in [5.41, 5.74) is 0.518. The van der Waals surface area contributed by atoms with E-state index < -0.39 is 10.0 Å². The van der Waals surface area contributed by atoms with Crippen LogP contribution < -0.4 is 10.1 Å². The lowest BCUT2D eigenvalue weighted by atomic mass is 9.86. The molecule has 0 spiro atoms. The summed E-state index contributed by atoms with van der Waals surface area (Å²) >= 11 is 0. The Balaban J connectivity index is 1.49. The molecule has 1 aromatic rings. The van der Waals surface area contributed by atoms with Crippen LogP contribution in [-0.2, 0) is 14.8 Å². The molecule has 3 fully saturated rings. The van der Waals surface area contributed by atoms with E-state index in [1.807, 2.05) is 0 Å². The summed E-state index contributed by atoms with van der Waals surface area (Å²) < 4.78 is 33.0. The smallest absolute Gasteiger partial charge is 0.246 e. The van der Waals surface area contributed by atoms with E-state index in [4.69, 9.17) is 4.74 Å². The van der Waals surface area contributed by atoms with Crippen LogP contribution in [0.15, 0.2) is 23.1 Å². The lowest BCUT2D eigenvalue weighted by Gasteiger charge is -2.26. The van der Waals surface area contributed by atoms with Crippen LogP contribution in [-0.4, -0.2) is 38.8 Å². The number of nitrogens with one attached hydrogen (secondary N) is 1. The number of hydrogen-bond acceptors (Lipinski definition) is 4. The highest BCUT2D eigenvalue weighted by Crippen LogP contribution is 2.49. The highest BCUT2D eigenvalue weighted by atomic mass is 32.2. The molecule has 4 rings (SSSR count). The van der Waals surface area contributed by atoms with Gasteiger partial charge in [-0.1, -0.05) is 12.8 Å². The van der Waals surface area contributed by atoms with Crippen molar-refractivity contribution in [1.82, 2.24) is 4.31 Å². The molecule has 1 heterocycles. The highest BCUT2D eigenvalue weighted by Gasteiger charge is 2.40. The van der Waals surface area contributed by atoms with Crippen molar-refractivity contribution in [3.8, 4) is 5.75 Å². The summed E-state index contributed by atoms with van der Waals surface area (Å²) in [4.78, 5) is 12.7. The monoisotopic (exact) mass is 406 g/mol. The minimum atomic E-state index is -3.64. The maximum absolute atomic E-state index is 13.1. The molecule has 2 aliphatic carbocycles. The number of anilines is 1. The van der Waals surface area contributed by atoms with E-state index in [1.165, 1.54) is 30.7 Å². The molecule has 1 amide bonds.